The first-order valence-corrected chi connectivity index (χ1v) is 5.56. The van der Waals surface area contributed by atoms with E-state index < -0.39 is 35.8 Å². The second-order valence-corrected chi connectivity index (χ2v) is 4.53. The molecule has 0 spiro atoms. The molecule has 1 aliphatic heterocycles. The summed E-state index contributed by atoms with van der Waals surface area (Å²) in [4.78, 5) is 23.9. The number of halogens is 1. The van der Waals surface area contributed by atoms with Gasteiger partial charge in [-0.1, -0.05) is 6.07 Å². The normalized spacial score (nSPS) is 23.4. The Bertz CT molecular complexity index is 563. The topological polar surface area (TPSA) is 104 Å². The SMILES string of the molecule is CN1C(=O)[C@](O)(C[C@H](N)C(=O)O)c2ccc(F)cc21. The Morgan fingerprint density at radius 2 is 2.21 bits per heavy atom. The number of fused-ring (bicyclic) bond motifs is 1. The second-order valence-electron chi connectivity index (χ2n) is 4.53. The molecule has 19 heavy (non-hydrogen) atoms. The molecular weight excluding hydrogens is 255 g/mol. The first-order chi connectivity index (χ1) is 8.77. The van der Waals surface area contributed by atoms with Crippen molar-refractivity contribution in [2.45, 2.75) is 18.1 Å². The van der Waals surface area contributed by atoms with Crippen LogP contribution < -0.4 is 10.6 Å². The molecule has 0 saturated carbocycles. The van der Waals surface area contributed by atoms with Gasteiger partial charge in [-0.15, -0.1) is 0 Å². The molecule has 4 N–H and O–H groups in total. The molecule has 7 heteroatoms. The fourth-order valence-electron chi connectivity index (χ4n) is 2.24. The van der Waals surface area contributed by atoms with E-state index in [0.29, 0.717) is 0 Å². The third-order valence-electron chi connectivity index (χ3n) is 3.26. The standard InChI is InChI=1S/C12H13FN2O4/c1-15-9-4-6(13)2-3-7(9)12(19,11(15)18)5-8(14)10(16)17/h2-4,8,19H,5,14H2,1H3,(H,16,17)/t8-,12-/m0/s1. The van der Waals surface area contributed by atoms with Crippen molar-refractivity contribution < 1.29 is 24.2 Å². The molecule has 0 fully saturated rings. The number of rotatable bonds is 3. The first-order valence-electron chi connectivity index (χ1n) is 5.56. The highest BCUT2D eigenvalue weighted by Crippen LogP contribution is 2.42. The summed E-state index contributed by atoms with van der Waals surface area (Å²) in [5, 5.41) is 19.2. The molecule has 0 unspecified atom stereocenters. The average molecular weight is 268 g/mol. The van der Waals surface area contributed by atoms with E-state index >= 15 is 0 Å². The number of anilines is 1. The number of aliphatic carboxylic acids is 1. The summed E-state index contributed by atoms with van der Waals surface area (Å²) in [6, 6.07) is 2.08. The number of carboxylic acid groups (broad SMARTS) is 1. The molecule has 2 atom stereocenters. The van der Waals surface area contributed by atoms with Crippen LogP contribution in [0.2, 0.25) is 0 Å². The molecular formula is C12H13FN2O4. The van der Waals surface area contributed by atoms with E-state index in [0.717, 1.165) is 17.0 Å². The minimum Gasteiger partial charge on any atom is -0.480 e. The van der Waals surface area contributed by atoms with E-state index in [4.69, 9.17) is 10.8 Å². The van der Waals surface area contributed by atoms with Gasteiger partial charge < -0.3 is 20.8 Å². The lowest BCUT2D eigenvalue weighted by Crippen LogP contribution is -2.45. The second kappa shape index (κ2) is 4.29. The zero-order valence-corrected chi connectivity index (χ0v) is 10.1. The molecule has 1 aliphatic rings. The van der Waals surface area contributed by atoms with Crippen molar-refractivity contribution in [2.24, 2.45) is 5.73 Å². The van der Waals surface area contributed by atoms with Crippen LogP contribution in [0.15, 0.2) is 18.2 Å². The highest BCUT2D eigenvalue weighted by Gasteiger charge is 2.50. The van der Waals surface area contributed by atoms with Crippen LogP contribution in [0.4, 0.5) is 10.1 Å². The van der Waals surface area contributed by atoms with E-state index in [1.54, 1.807) is 0 Å². The Morgan fingerprint density at radius 1 is 1.58 bits per heavy atom. The van der Waals surface area contributed by atoms with Gasteiger partial charge in [-0.2, -0.15) is 0 Å². The number of amides is 1. The Labute approximate surface area is 108 Å². The summed E-state index contributed by atoms with van der Waals surface area (Å²) in [6.07, 6.45) is -0.468. The van der Waals surface area contributed by atoms with Gasteiger partial charge in [0.15, 0.2) is 5.60 Å². The quantitative estimate of drug-likeness (QED) is 0.703. The highest BCUT2D eigenvalue weighted by molar-refractivity contribution is 6.06. The van der Waals surface area contributed by atoms with Crippen molar-refractivity contribution in [2.75, 3.05) is 11.9 Å². The van der Waals surface area contributed by atoms with Crippen LogP contribution in [0.1, 0.15) is 12.0 Å². The van der Waals surface area contributed by atoms with Crippen LogP contribution in [-0.4, -0.2) is 35.2 Å². The van der Waals surface area contributed by atoms with Gasteiger partial charge in [0, 0.05) is 19.0 Å². The smallest absolute Gasteiger partial charge is 0.320 e. The Kier molecular flexibility index (Phi) is 3.03. The zero-order chi connectivity index (χ0) is 14.4. The molecule has 1 aromatic rings. The van der Waals surface area contributed by atoms with Crippen molar-refractivity contribution in [1.82, 2.24) is 0 Å². The van der Waals surface area contributed by atoms with Crippen molar-refractivity contribution in [3.63, 3.8) is 0 Å². The summed E-state index contributed by atoms with van der Waals surface area (Å²) >= 11 is 0. The lowest BCUT2D eigenvalue weighted by atomic mass is 9.88. The number of benzene rings is 1. The lowest BCUT2D eigenvalue weighted by molar-refractivity contribution is -0.144. The van der Waals surface area contributed by atoms with Crippen LogP contribution in [-0.2, 0) is 15.2 Å². The van der Waals surface area contributed by atoms with Crippen molar-refractivity contribution >= 4 is 17.6 Å². The van der Waals surface area contributed by atoms with Gasteiger partial charge in [-0.25, -0.2) is 4.39 Å². The summed E-state index contributed by atoms with van der Waals surface area (Å²) in [6.45, 7) is 0. The molecule has 1 amide bonds. The van der Waals surface area contributed by atoms with E-state index in [-0.39, 0.29) is 11.3 Å². The molecule has 0 aliphatic carbocycles. The fraction of sp³-hybridized carbons (Fsp3) is 0.333. The van der Waals surface area contributed by atoms with Crippen LogP contribution in [0, 0.1) is 5.82 Å². The van der Waals surface area contributed by atoms with Gasteiger partial charge in [0.2, 0.25) is 0 Å². The van der Waals surface area contributed by atoms with Crippen molar-refractivity contribution in [1.29, 1.82) is 0 Å². The number of hydrogen-bond donors (Lipinski definition) is 3. The van der Waals surface area contributed by atoms with E-state index in [1.165, 1.54) is 13.1 Å². The zero-order valence-electron chi connectivity index (χ0n) is 10.1. The van der Waals surface area contributed by atoms with Gasteiger partial charge in [0.1, 0.15) is 11.9 Å². The summed E-state index contributed by atoms with van der Waals surface area (Å²) < 4.78 is 13.2. The fourth-order valence-corrected chi connectivity index (χ4v) is 2.24. The van der Waals surface area contributed by atoms with E-state index in [2.05, 4.69) is 0 Å². The molecule has 0 aromatic heterocycles. The number of nitrogens with zero attached hydrogens (tertiary/aromatic N) is 1. The largest absolute Gasteiger partial charge is 0.480 e. The number of likely N-dealkylation sites (N-methyl/N-ethyl adjacent to an activating group) is 1. The van der Waals surface area contributed by atoms with Crippen LogP contribution >= 0.6 is 0 Å². The lowest BCUT2D eigenvalue weighted by Gasteiger charge is -2.23. The maximum absolute atomic E-state index is 13.2. The number of nitrogens with two attached hydrogens (primary N) is 1. The van der Waals surface area contributed by atoms with Gasteiger partial charge in [0.25, 0.3) is 5.91 Å². The molecule has 1 aromatic carbocycles. The minimum absolute atomic E-state index is 0.165. The number of carboxylic acids is 1. The molecule has 0 saturated heterocycles. The van der Waals surface area contributed by atoms with E-state index in [9.17, 15) is 19.1 Å². The highest BCUT2D eigenvalue weighted by atomic mass is 19.1. The van der Waals surface area contributed by atoms with Crippen molar-refractivity contribution in [3.05, 3.63) is 29.6 Å². The molecule has 102 valence electrons. The number of aliphatic hydroxyl groups is 1. The molecule has 1 heterocycles. The molecule has 0 radical (unpaired) electrons. The summed E-state index contributed by atoms with van der Waals surface area (Å²) in [5.74, 6) is -2.59. The predicted octanol–water partition coefficient (Wildman–Crippen LogP) is -0.208. The van der Waals surface area contributed by atoms with Crippen LogP contribution in [0.3, 0.4) is 0 Å². The molecule has 6 nitrogen and oxygen atoms in total. The number of hydrogen-bond acceptors (Lipinski definition) is 4. The molecule has 0 bridgehead atoms. The van der Waals surface area contributed by atoms with Gasteiger partial charge in [-0.05, 0) is 12.1 Å². The molecule has 2 rings (SSSR count). The number of carbonyl (C=O) groups excluding carboxylic acids is 1. The average Bonchev–Trinajstić information content (AvgIpc) is 2.52. The monoisotopic (exact) mass is 268 g/mol. The maximum atomic E-state index is 13.2. The van der Waals surface area contributed by atoms with Crippen molar-refractivity contribution in [3.8, 4) is 0 Å². The predicted molar refractivity (Wildman–Crippen MR) is 63.9 cm³/mol. The maximum Gasteiger partial charge on any atom is 0.320 e. The third-order valence-corrected chi connectivity index (χ3v) is 3.26. The summed E-state index contributed by atoms with van der Waals surface area (Å²) in [5.41, 5.74) is 3.72. The minimum atomic E-state index is -2.03. The summed E-state index contributed by atoms with van der Waals surface area (Å²) in [7, 11) is 1.38. The Balaban J connectivity index is 2.48. The van der Waals surface area contributed by atoms with Crippen LogP contribution in [0.25, 0.3) is 0 Å². The van der Waals surface area contributed by atoms with Gasteiger partial charge in [-0.3, -0.25) is 9.59 Å². The Hall–Kier alpha value is -1.99. The number of carbonyl (C=O) groups is 2. The Morgan fingerprint density at radius 3 is 2.79 bits per heavy atom. The van der Waals surface area contributed by atoms with Crippen LogP contribution in [0.5, 0.6) is 0 Å². The first kappa shape index (κ1) is 13.4. The third kappa shape index (κ3) is 1.96. The van der Waals surface area contributed by atoms with Gasteiger partial charge in [0.05, 0.1) is 5.69 Å². The van der Waals surface area contributed by atoms with Gasteiger partial charge >= 0.3 is 5.97 Å². The van der Waals surface area contributed by atoms with E-state index in [1.807, 2.05) is 0 Å².